The summed E-state index contributed by atoms with van der Waals surface area (Å²) in [6, 6.07) is 3.06. The number of nitrogens with one attached hydrogen (secondary N) is 2. The van der Waals surface area contributed by atoms with Gasteiger partial charge < -0.3 is 25.0 Å². The van der Waals surface area contributed by atoms with Crippen molar-refractivity contribution >= 4 is 29.9 Å². The Morgan fingerprint density at radius 1 is 1.24 bits per heavy atom. The van der Waals surface area contributed by atoms with Crippen LogP contribution in [0.2, 0.25) is 0 Å². The number of hydrogen-bond acceptors (Lipinski definition) is 5. The van der Waals surface area contributed by atoms with E-state index in [1.807, 2.05) is 6.92 Å². The van der Waals surface area contributed by atoms with Gasteiger partial charge in [0.15, 0.2) is 12.6 Å². The van der Waals surface area contributed by atoms with Crippen molar-refractivity contribution < 1.29 is 22.6 Å². The van der Waals surface area contributed by atoms with Crippen LogP contribution in [-0.4, -0.2) is 75.6 Å². The molecule has 0 aromatic carbocycles. The molecular weight excluding hydrogens is 502 g/mol. The van der Waals surface area contributed by atoms with Crippen LogP contribution in [0.15, 0.2) is 23.3 Å². The number of guanidine groups is 1. The van der Waals surface area contributed by atoms with Gasteiger partial charge in [0.2, 0.25) is 5.88 Å². The van der Waals surface area contributed by atoms with Gasteiger partial charge in [-0.2, -0.15) is 13.2 Å². The van der Waals surface area contributed by atoms with Crippen molar-refractivity contribution in [2.75, 3.05) is 53.6 Å². The van der Waals surface area contributed by atoms with Crippen molar-refractivity contribution in [1.29, 1.82) is 0 Å². The zero-order valence-corrected chi connectivity index (χ0v) is 19.4. The number of rotatable bonds is 12. The maximum atomic E-state index is 12.1. The van der Waals surface area contributed by atoms with Crippen LogP contribution in [0.5, 0.6) is 5.88 Å². The van der Waals surface area contributed by atoms with Crippen LogP contribution in [0.4, 0.5) is 13.2 Å². The smallest absolute Gasteiger partial charge is 0.422 e. The number of hydrogen-bond donors (Lipinski definition) is 2. The highest BCUT2D eigenvalue weighted by atomic mass is 127. The Balaban J connectivity index is 0.00000784. The zero-order chi connectivity index (χ0) is 20.8. The first-order valence-electron chi connectivity index (χ1n) is 9.18. The Hall–Kier alpha value is -1.34. The van der Waals surface area contributed by atoms with Gasteiger partial charge in [0.05, 0.1) is 6.54 Å². The fourth-order valence-electron chi connectivity index (χ4n) is 2.21. The highest BCUT2D eigenvalue weighted by Crippen LogP contribution is 2.17. The van der Waals surface area contributed by atoms with E-state index >= 15 is 0 Å². The zero-order valence-electron chi connectivity index (χ0n) is 17.1. The largest absolute Gasteiger partial charge is 0.468 e. The maximum Gasteiger partial charge on any atom is 0.422 e. The van der Waals surface area contributed by atoms with Gasteiger partial charge in [-0.3, -0.25) is 0 Å². The number of alkyl halides is 3. The molecule has 0 aliphatic heterocycles. The first kappa shape index (κ1) is 27.7. The van der Waals surface area contributed by atoms with Crippen LogP contribution in [0.1, 0.15) is 18.9 Å². The third-order valence-corrected chi connectivity index (χ3v) is 3.62. The molecular formula is C18H31F3IN5O2. The summed E-state index contributed by atoms with van der Waals surface area (Å²) < 4.78 is 46.1. The van der Waals surface area contributed by atoms with Gasteiger partial charge in [-0.05, 0) is 26.0 Å². The molecule has 168 valence electrons. The van der Waals surface area contributed by atoms with E-state index in [0.29, 0.717) is 12.5 Å². The highest BCUT2D eigenvalue weighted by Gasteiger charge is 2.28. The Kier molecular flexibility index (Phi) is 14.8. The Morgan fingerprint density at radius 2 is 2.00 bits per heavy atom. The topological polar surface area (TPSA) is 71.0 Å². The molecule has 29 heavy (non-hydrogen) atoms. The fourth-order valence-corrected chi connectivity index (χ4v) is 2.21. The summed E-state index contributed by atoms with van der Waals surface area (Å²) in [5.41, 5.74) is 0.772. The van der Waals surface area contributed by atoms with Crippen LogP contribution in [0, 0.1) is 0 Å². The summed E-state index contributed by atoms with van der Waals surface area (Å²) >= 11 is 0. The van der Waals surface area contributed by atoms with Gasteiger partial charge in [0, 0.05) is 52.2 Å². The molecule has 1 aromatic rings. The van der Waals surface area contributed by atoms with Gasteiger partial charge in [-0.1, -0.05) is 6.07 Å². The fraction of sp³-hybridized carbons (Fsp3) is 0.667. The van der Waals surface area contributed by atoms with Crippen molar-refractivity contribution in [1.82, 2.24) is 20.5 Å². The second-order valence-electron chi connectivity index (χ2n) is 6.18. The van der Waals surface area contributed by atoms with Gasteiger partial charge >= 0.3 is 6.18 Å². The number of methoxy groups -OCH3 is 1. The molecule has 0 saturated carbocycles. The third kappa shape index (κ3) is 14.3. The quantitative estimate of drug-likeness (QED) is 0.187. The molecule has 11 heteroatoms. The van der Waals surface area contributed by atoms with Gasteiger partial charge in [0.1, 0.15) is 0 Å². The lowest BCUT2D eigenvalue weighted by atomic mass is 10.3. The Morgan fingerprint density at radius 3 is 2.59 bits per heavy atom. The van der Waals surface area contributed by atoms with E-state index in [9.17, 15) is 13.2 Å². The number of likely N-dealkylation sites (N-methyl/N-ethyl adjacent to an activating group) is 1. The molecule has 7 nitrogen and oxygen atoms in total. The lowest BCUT2D eigenvalue weighted by Gasteiger charge is -2.18. The van der Waals surface area contributed by atoms with E-state index in [-0.39, 0.29) is 29.9 Å². The summed E-state index contributed by atoms with van der Waals surface area (Å²) in [5.74, 6) is 0.608. The molecule has 0 radical (unpaired) electrons. The summed E-state index contributed by atoms with van der Waals surface area (Å²) in [4.78, 5) is 10.6. The molecule has 1 heterocycles. The van der Waals surface area contributed by atoms with Crippen molar-refractivity contribution in [2.45, 2.75) is 26.1 Å². The lowest BCUT2D eigenvalue weighted by molar-refractivity contribution is -0.154. The molecule has 0 atom stereocenters. The van der Waals surface area contributed by atoms with Gasteiger partial charge in [-0.15, -0.1) is 24.0 Å². The molecule has 0 saturated heterocycles. The molecule has 0 aliphatic rings. The summed E-state index contributed by atoms with van der Waals surface area (Å²) in [5, 5.41) is 6.41. The molecule has 0 fully saturated rings. The SMILES string of the molecule is CCNC(=NCc1ccc(OCC(F)(F)F)nc1)NCCN(C)CCCOC.I. The molecule has 1 rings (SSSR count). The van der Waals surface area contributed by atoms with Crippen LogP contribution < -0.4 is 15.4 Å². The van der Waals surface area contributed by atoms with Crippen molar-refractivity contribution in [3.05, 3.63) is 23.9 Å². The first-order valence-corrected chi connectivity index (χ1v) is 9.18. The Labute approximate surface area is 187 Å². The van der Waals surface area contributed by atoms with Gasteiger partial charge in [0.25, 0.3) is 0 Å². The third-order valence-electron chi connectivity index (χ3n) is 3.62. The van der Waals surface area contributed by atoms with E-state index in [1.54, 1.807) is 13.2 Å². The van der Waals surface area contributed by atoms with E-state index in [0.717, 1.165) is 44.8 Å². The minimum absolute atomic E-state index is 0. The number of pyridine rings is 1. The van der Waals surface area contributed by atoms with Crippen LogP contribution in [0.25, 0.3) is 0 Å². The summed E-state index contributed by atoms with van der Waals surface area (Å²) in [7, 11) is 3.74. The van der Waals surface area contributed by atoms with Crippen LogP contribution in [-0.2, 0) is 11.3 Å². The predicted molar refractivity (Wildman–Crippen MR) is 118 cm³/mol. The minimum Gasteiger partial charge on any atom is -0.468 e. The molecule has 0 bridgehead atoms. The van der Waals surface area contributed by atoms with Crippen LogP contribution in [0.3, 0.4) is 0 Å². The first-order chi connectivity index (χ1) is 13.3. The number of nitrogens with zero attached hydrogens (tertiary/aromatic N) is 3. The monoisotopic (exact) mass is 533 g/mol. The normalized spacial score (nSPS) is 11.9. The number of aliphatic imine (C=N–C) groups is 1. The van der Waals surface area contributed by atoms with E-state index in [1.165, 1.54) is 12.3 Å². The molecule has 0 spiro atoms. The molecule has 0 amide bonds. The van der Waals surface area contributed by atoms with Crippen molar-refractivity contribution in [3.63, 3.8) is 0 Å². The highest BCUT2D eigenvalue weighted by molar-refractivity contribution is 14.0. The minimum atomic E-state index is -4.38. The second-order valence-corrected chi connectivity index (χ2v) is 6.18. The molecule has 0 aliphatic carbocycles. The Bertz CT molecular complexity index is 574. The number of aromatic nitrogens is 1. The van der Waals surface area contributed by atoms with Crippen molar-refractivity contribution in [2.24, 2.45) is 4.99 Å². The van der Waals surface area contributed by atoms with Gasteiger partial charge in [-0.25, -0.2) is 9.98 Å². The van der Waals surface area contributed by atoms with E-state index in [2.05, 4.69) is 37.3 Å². The molecule has 0 unspecified atom stereocenters. The average Bonchev–Trinajstić information content (AvgIpc) is 2.65. The number of halogens is 4. The van der Waals surface area contributed by atoms with E-state index in [4.69, 9.17) is 4.74 Å². The number of ether oxygens (including phenoxy) is 2. The van der Waals surface area contributed by atoms with Crippen molar-refractivity contribution in [3.8, 4) is 5.88 Å². The lowest BCUT2D eigenvalue weighted by Crippen LogP contribution is -2.41. The summed E-state index contributed by atoms with van der Waals surface area (Å²) in [6.07, 6.45) is -1.94. The molecule has 1 aromatic heterocycles. The maximum absolute atomic E-state index is 12.1. The summed E-state index contributed by atoms with van der Waals surface area (Å²) in [6.45, 7) is 4.99. The second kappa shape index (κ2) is 15.5. The van der Waals surface area contributed by atoms with Crippen LogP contribution >= 0.6 is 24.0 Å². The standard InChI is InChI=1S/C18H30F3N5O2.HI/c1-4-22-17(23-8-10-26(2)9-5-11-27-3)25-13-15-6-7-16(24-12-15)28-14-18(19,20)21;/h6-7,12H,4-5,8-11,13-14H2,1-3H3,(H2,22,23,25);1H. The van der Waals surface area contributed by atoms with E-state index < -0.39 is 12.8 Å². The average molecular weight is 533 g/mol. The predicted octanol–water partition coefficient (Wildman–Crippen LogP) is 2.66. The molecule has 2 N–H and O–H groups in total.